The van der Waals surface area contributed by atoms with Gasteiger partial charge in [0.25, 0.3) is 0 Å². The Morgan fingerprint density at radius 2 is 2.05 bits per heavy atom. The molecule has 0 bridgehead atoms. The Kier molecular flexibility index (Phi) is 4.99. The molecule has 0 saturated heterocycles. The lowest BCUT2D eigenvalue weighted by Gasteiger charge is -2.22. The number of hydrogen-bond acceptors (Lipinski definition) is 2. The minimum absolute atomic E-state index is 0.0622. The van der Waals surface area contributed by atoms with Crippen molar-refractivity contribution in [3.8, 4) is 6.07 Å². The third-order valence-electron chi connectivity index (χ3n) is 2.86. The lowest BCUT2D eigenvalue weighted by molar-refractivity contribution is -0.134. The van der Waals surface area contributed by atoms with E-state index in [4.69, 9.17) is 5.26 Å². The maximum atomic E-state index is 13.5. The van der Waals surface area contributed by atoms with Crippen molar-refractivity contribution in [3.63, 3.8) is 0 Å². The van der Waals surface area contributed by atoms with E-state index in [-0.39, 0.29) is 23.9 Å². The summed E-state index contributed by atoms with van der Waals surface area (Å²) >= 11 is 0. The second kappa shape index (κ2) is 6.28. The van der Waals surface area contributed by atoms with Gasteiger partial charge >= 0.3 is 0 Å². The molecule has 0 aromatic heterocycles. The number of benzene rings is 1. The smallest absolute Gasteiger partial charge is 0.240 e. The number of rotatable bonds is 4. The monoisotopic (exact) mass is 266 g/mol. The van der Waals surface area contributed by atoms with Crippen LogP contribution in [0.3, 0.4) is 0 Å². The predicted molar refractivity (Wildman–Crippen MR) is 66.8 cm³/mol. The summed E-state index contributed by atoms with van der Waals surface area (Å²) in [5.41, 5.74) is 0.0938. The van der Waals surface area contributed by atoms with E-state index in [2.05, 4.69) is 0 Å². The van der Waals surface area contributed by atoms with Gasteiger partial charge in [0.1, 0.15) is 17.6 Å². The van der Waals surface area contributed by atoms with Gasteiger partial charge in [-0.05, 0) is 24.1 Å². The molecule has 19 heavy (non-hydrogen) atoms. The zero-order valence-electron chi connectivity index (χ0n) is 11.2. The Morgan fingerprint density at radius 3 is 2.58 bits per heavy atom. The van der Waals surface area contributed by atoms with Crippen molar-refractivity contribution >= 4 is 5.91 Å². The Hall–Kier alpha value is -1.96. The summed E-state index contributed by atoms with van der Waals surface area (Å²) in [7, 11) is 1.47. The van der Waals surface area contributed by atoms with Crippen molar-refractivity contribution in [2.24, 2.45) is 11.8 Å². The number of hydrogen-bond donors (Lipinski definition) is 0. The van der Waals surface area contributed by atoms with Crippen LogP contribution in [0.2, 0.25) is 0 Å². The average Bonchev–Trinajstić information content (AvgIpc) is 2.34. The van der Waals surface area contributed by atoms with E-state index in [9.17, 15) is 13.6 Å². The van der Waals surface area contributed by atoms with Crippen LogP contribution in [-0.4, -0.2) is 17.9 Å². The number of amides is 1. The van der Waals surface area contributed by atoms with Crippen molar-refractivity contribution in [3.05, 3.63) is 35.4 Å². The molecule has 0 N–H and O–H groups in total. The molecule has 0 heterocycles. The fraction of sp³-hybridized carbons (Fsp3) is 0.429. The van der Waals surface area contributed by atoms with Crippen LogP contribution in [0, 0.1) is 34.8 Å². The number of carbonyl (C=O) groups excluding carboxylic acids is 1. The van der Waals surface area contributed by atoms with Gasteiger partial charge in [0.05, 0.1) is 6.07 Å². The van der Waals surface area contributed by atoms with E-state index in [1.807, 2.05) is 6.07 Å². The Labute approximate surface area is 111 Å². The van der Waals surface area contributed by atoms with Gasteiger partial charge in [-0.25, -0.2) is 8.78 Å². The minimum Gasteiger partial charge on any atom is -0.340 e. The molecule has 0 aliphatic rings. The summed E-state index contributed by atoms with van der Waals surface area (Å²) in [6.07, 6.45) is 0. The number of carbonyl (C=O) groups is 1. The topological polar surface area (TPSA) is 44.1 Å². The highest BCUT2D eigenvalue weighted by molar-refractivity contribution is 5.81. The number of halogens is 2. The lowest BCUT2D eigenvalue weighted by atomic mass is 9.96. The van der Waals surface area contributed by atoms with E-state index in [1.54, 1.807) is 13.8 Å². The standard InChI is InChI=1S/C14H16F2N2O/c1-9(2)12(7-17)14(19)18(3)8-10-6-11(15)4-5-13(10)16/h4-6,9,12H,8H2,1-3H3. The molecule has 3 nitrogen and oxygen atoms in total. The Bertz CT molecular complexity index is 509. The molecule has 1 amide bonds. The van der Waals surface area contributed by atoms with Crippen LogP contribution in [0.4, 0.5) is 8.78 Å². The average molecular weight is 266 g/mol. The highest BCUT2D eigenvalue weighted by Crippen LogP contribution is 2.16. The highest BCUT2D eigenvalue weighted by Gasteiger charge is 2.25. The second-order valence-corrected chi connectivity index (χ2v) is 4.78. The zero-order chi connectivity index (χ0) is 14.6. The van der Waals surface area contributed by atoms with E-state index < -0.39 is 17.6 Å². The summed E-state index contributed by atoms with van der Waals surface area (Å²) < 4.78 is 26.5. The molecule has 1 aromatic rings. The van der Waals surface area contributed by atoms with Crippen molar-refractivity contribution in [1.82, 2.24) is 4.90 Å². The van der Waals surface area contributed by atoms with Crippen molar-refractivity contribution in [2.75, 3.05) is 7.05 Å². The largest absolute Gasteiger partial charge is 0.340 e. The van der Waals surface area contributed by atoms with Gasteiger partial charge in [-0.2, -0.15) is 5.26 Å². The molecule has 1 rings (SSSR count). The third-order valence-corrected chi connectivity index (χ3v) is 2.86. The van der Waals surface area contributed by atoms with E-state index >= 15 is 0 Å². The molecule has 102 valence electrons. The first-order valence-corrected chi connectivity index (χ1v) is 5.95. The van der Waals surface area contributed by atoms with Crippen LogP contribution < -0.4 is 0 Å². The fourth-order valence-electron chi connectivity index (χ4n) is 1.72. The molecule has 1 aromatic carbocycles. The number of nitriles is 1. The highest BCUT2D eigenvalue weighted by atomic mass is 19.1. The molecule has 0 saturated carbocycles. The summed E-state index contributed by atoms with van der Waals surface area (Å²) in [6.45, 7) is 3.47. The van der Waals surface area contributed by atoms with Crippen LogP contribution in [0.15, 0.2) is 18.2 Å². The summed E-state index contributed by atoms with van der Waals surface area (Å²) in [6, 6.07) is 5.03. The van der Waals surface area contributed by atoms with Gasteiger partial charge < -0.3 is 4.90 Å². The predicted octanol–water partition coefficient (Wildman–Crippen LogP) is 2.72. The molecular formula is C14H16F2N2O. The van der Waals surface area contributed by atoms with Crippen LogP contribution in [0.5, 0.6) is 0 Å². The summed E-state index contributed by atoms with van der Waals surface area (Å²) in [5, 5.41) is 8.95. The second-order valence-electron chi connectivity index (χ2n) is 4.78. The first-order valence-electron chi connectivity index (χ1n) is 5.95. The first kappa shape index (κ1) is 15.1. The summed E-state index contributed by atoms with van der Waals surface area (Å²) in [5.74, 6) is -2.42. The van der Waals surface area contributed by atoms with E-state index in [0.29, 0.717) is 0 Å². The molecule has 0 fully saturated rings. The van der Waals surface area contributed by atoms with Crippen LogP contribution in [0.1, 0.15) is 19.4 Å². The zero-order valence-corrected chi connectivity index (χ0v) is 11.2. The van der Waals surface area contributed by atoms with Crippen molar-refractivity contribution in [2.45, 2.75) is 20.4 Å². The van der Waals surface area contributed by atoms with Gasteiger partial charge in [0.2, 0.25) is 5.91 Å². The van der Waals surface area contributed by atoms with Crippen LogP contribution >= 0.6 is 0 Å². The first-order chi connectivity index (χ1) is 8.86. The Balaban J connectivity index is 2.85. The molecule has 1 atom stereocenters. The molecule has 5 heteroatoms. The number of nitrogens with zero attached hydrogens (tertiary/aromatic N) is 2. The molecule has 1 unspecified atom stereocenters. The van der Waals surface area contributed by atoms with Gasteiger partial charge in [0.15, 0.2) is 0 Å². The molecule has 0 aliphatic carbocycles. The SMILES string of the molecule is CC(C)C(C#N)C(=O)N(C)Cc1cc(F)ccc1F. The van der Waals surface area contributed by atoms with E-state index in [0.717, 1.165) is 18.2 Å². The minimum atomic E-state index is -0.776. The molecule has 0 radical (unpaired) electrons. The normalized spacial score (nSPS) is 12.1. The van der Waals surface area contributed by atoms with Crippen LogP contribution in [-0.2, 0) is 11.3 Å². The van der Waals surface area contributed by atoms with Gasteiger partial charge in [0, 0.05) is 19.2 Å². The van der Waals surface area contributed by atoms with Gasteiger partial charge in [-0.1, -0.05) is 13.8 Å². The maximum Gasteiger partial charge on any atom is 0.240 e. The fourth-order valence-corrected chi connectivity index (χ4v) is 1.72. The lowest BCUT2D eigenvalue weighted by Crippen LogP contribution is -2.34. The van der Waals surface area contributed by atoms with Gasteiger partial charge in [-0.15, -0.1) is 0 Å². The molecule has 0 aliphatic heterocycles. The Morgan fingerprint density at radius 1 is 1.42 bits per heavy atom. The van der Waals surface area contributed by atoms with Crippen LogP contribution in [0.25, 0.3) is 0 Å². The van der Waals surface area contributed by atoms with Crippen molar-refractivity contribution in [1.29, 1.82) is 5.26 Å². The van der Waals surface area contributed by atoms with E-state index in [1.165, 1.54) is 11.9 Å². The van der Waals surface area contributed by atoms with Crippen molar-refractivity contribution < 1.29 is 13.6 Å². The summed E-state index contributed by atoms with van der Waals surface area (Å²) in [4.78, 5) is 13.2. The maximum absolute atomic E-state index is 13.5. The third kappa shape index (κ3) is 3.75. The quantitative estimate of drug-likeness (QED) is 0.841. The van der Waals surface area contributed by atoms with Gasteiger partial charge in [-0.3, -0.25) is 4.79 Å². The molecular weight excluding hydrogens is 250 g/mol. The molecule has 0 spiro atoms.